The smallest absolute Gasteiger partial charge is 0.407 e. The van der Waals surface area contributed by atoms with Crippen molar-refractivity contribution in [1.29, 1.82) is 0 Å². The molecule has 3 atom stereocenters. The van der Waals surface area contributed by atoms with Crippen molar-refractivity contribution in [3.05, 3.63) is 115 Å². The maximum absolute atomic E-state index is 12.5. The van der Waals surface area contributed by atoms with Crippen LogP contribution in [-0.2, 0) is 23.7 Å². The van der Waals surface area contributed by atoms with Gasteiger partial charge in [-0.15, -0.1) is 15.3 Å². The Morgan fingerprint density at radius 3 is 2.36 bits per heavy atom. The van der Waals surface area contributed by atoms with E-state index >= 15 is 0 Å². The molecule has 0 aliphatic carbocycles. The number of carbonyl (C=O) groups excluding carboxylic acids is 2. The lowest BCUT2D eigenvalue weighted by Gasteiger charge is -2.23. The van der Waals surface area contributed by atoms with E-state index in [1.54, 1.807) is 38.5 Å². The summed E-state index contributed by atoms with van der Waals surface area (Å²) < 4.78 is 28.8. The minimum Gasteiger partial charge on any atom is -0.494 e. The minimum absolute atomic E-state index is 0.127. The molecule has 0 radical (unpaired) electrons. The van der Waals surface area contributed by atoms with Crippen LogP contribution in [0.25, 0.3) is 6.08 Å². The van der Waals surface area contributed by atoms with E-state index in [9.17, 15) is 29.3 Å². The van der Waals surface area contributed by atoms with E-state index < -0.39 is 28.5 Å². The van der Waals surface area contributed by atoms with Crippen molar-refractivity contribution in [2.45, 2.75) is 64.4 Å². The number of aromatic amines is 1. The van der Waals surface area contributed by atoms with Gasteiger partial charge in [-0.05, 0) is 74.7 Å². The molecule has 2 amide bonds. The SMILES string of the molecule is CCN(CCOC(=O)NCCCCCCNC(=O)/C=C/c1cn([C@H]2CC(OC)[C@@H](COC)O2)c(=O)[nH]c1=O)c1ccc(N=Nc2cc(C)c(N=Nc3ccccc3[N+](=O)[O-])cc2OC)cc1. The molecule has 1 saturated heterocycles. The number of azo groups is 2. The van der Waals surface area contributed by atoms with E-state index in [2.05, 4.69) is 41.0 Å². The number of benzene rings is 3. The third-order valence-corrected chi connectivity index (χ3v) is 10.5. The molecule has 2 heterocycles. The highest BCUT2D eigenvalue weighted by molar-refractivity contribution is 5.91. The predicted octanol–water partition coefficient (Wildman–Crippen LogP) is 7.48. The van der Waals surface area contributed by atoms with E-state index in [0.29, 0.717) is 55.4 Å². The molecular weight excluding hydrogens is 857 g/mol. The molecule has 1 aliphatic heterocycles. The number of carbonyl (C=O) groups is 2. The number of nitrogens with zero attached hydrogens (tertiary/aromatic N) is 7. The number of nitro benzene ring substituents is 1. The standard InChI is InChI=1S/C45H56N10O11/c1-6-53(33-18-16-32(17-19-33)49-52-36-25-30(2)35(26-38(36)63-4)51-50-34-13-9-10-14-37(34)55(60)61)23-24-65-45(59)47-22-12-8-7-11-21-46-41(56)20-15-31-28-54(44(58)48-43(31)57)42-27-39(64-5)40(66-42)29-62-3/h9-10,13-20,25-26,28,39-40,42H,6-8,11-12,21-24,27,29H2,1-5H3,(H,46,56)(H,47,59)(H,48,57,58)/b20-15+,51-50?,52-49?/t39?,40-,42-/m1/s1. The number of para-hydroxylation sites is 1. The van der Waals surface area contributed by atoms with Crippen LogP contribution in [0.15, 0.2) is 103 Å². The molecule has 3 N–H and O–H groups in total. The van der Waals surface area contributed by atoms with Gasteiger partial charge in [0, 0.05) is 70.4 Å². The predicted molar refractivity (Wildman–Crippen MR) is 246 cm³/mol. The molecule has 4 aromatic rings. The van der Waals surface area contributed by atoms with Crippen molar-refractivity contribution in [2.24, 2.45) is 20.5 Å². The van der Waals surface area contributed by atoms with E-state index in [1.165, 1.54) is 42.2 Å². The Morgan fingerprint density at radius 2 is 1.67 bits per heavy atom. The number of hydrogen-bond donors (Lipinski definition) is 3. The molecule has 1 aromatic heterocycles. The topological polar surface area (TPSA) is 255 Å². The molecule has 21 heteroatoms. The fourth-order valence-electron chi connectivity index (χ4n) is 6.93. The molecule has 1 unspecified atom stereocenters. The van der Waals surface area contributed by atoms with Crippen LogP contribution >= 0.6 is 0 Å². The summed E-state index contributed by atoms with van der Waals surface area (Å²) in [6, 6.07) is 17.0. The lowest BCUT2D eigenvalue weighted by molar-refractivity contribution is -0.384. The Bertz CT molecular complexity index is 2470. The van der Waals surface area contributed by atoms with Gasteiger partial charge in [0.15, 0.2) is 5.69 Å². The average Bonchev–Trinajstić information content (AvgIpc) is 3.72. The number of nitro groups is 1. The van der Waals surface area contributed by atoms with Gasteiger partial charge in [0.2, 0.25) is 5.91 Å². The van der Waals surface area contributed by atoms with Crippen LogP contribution in [0.1, 0.15) is 56.4 Å². The second-order valence-corrected chi connectivity index (χ2v) is 15.0. The monoisotopic (exact) mass is 912 g/mol. The number of amides is 2. The van der Waals surface area contributed by atoms with E-state index in [4.69, 9.17) is 23.7 Å². The van der Waals surface area contributed by atoms with Gasteiger partial charge in [-0.25, -0.2) is 9.59 Å². The van der Waals surface area contributed by atoms with Crippen LogP contribution in [-0.4, -0.2) is 99.4 Å². The second kappa shape index (κ2) is 25.4. The van der Waals surface area contributed by atoms with Crippen molar-refractivity contribution in [1.82, 2.24) is 20.2 Å². The Labute approximate surface area is 381 Å². The summed E-state index contributed by atoms with van der Waals surface area (Å²) in [5.74, 6) is 0.0225. The van der Waals surface area contributed by atoms with Crippen LogP contribution in [0, 0.1) is 17.0 Å². The van der Waals surface area contributed by atoms with Crippen molar-refractivity contribution in [3.63, 3.8) is 0 Å². The molecule has 0 spiro atoms. The molecule has 0 bridgehead atoms. The fraction of sp³-hybridized carbons (Fsp3) is 0.422. The maximum atomic E-state index is 12.5. The summed E-state index contributed by atoms with van der Waals surface area (Å²) in [5, 5.41) is 34.0. The molecular formula is C45H56N10O11. The van der Waals surface area contributed by atoms with E-state index in [-0.39, 0.29) is 48.3 Å². The normalized spacial score (nSPS) is 16.0. The number of ether oxygens (including phenoxy) is 5. The number of hydrogen-bond acceptors (Lipinski definition) is 16. The fourth-order valence-corrected chi connectivity index (χ4v) is 6.93. The first-order valence-electron chi connectivity index (χ1n) is 21.4. The molecule has 352 valence electrons. The highest BCUT2D eigenvalue weighted by Gasteiger charge is 2.37. The number of rotatable bonds is 24. The highest BCUT2D eigenvalue weighted by Crippen LogP contribution is 2.37. The van der Waals surface area contributed by atoms with Crippen molar-refractivity contribution in [2.75, 3.05) is 65.6 Å². The second-order valence-electron chi connectivity index (χ2n) is 15.0. The number of unbranched alkanes of at least 4 members (excludes halogenated alkanes) is 3. The molecule has 1 fully saturated rings. The van der Waals surface area contributed by atoms with Crippen molar-refractivity contribution < 1.29 is 38.2 Å². The van der Waals surface area contributed by atoms with Crippen LogP contribution in [0.3, 0.4) is 0 Å². The van der Waals surface area contributed by atoms with Gasteiger partial charge in [-0.3, -0.25) is 29.3 Å². The third-order valence-electron chi connectivity index (χ3n) is 10.5. The number of anilines is 1. The molecule has 21 nitrogen and oxygen atoms in total. The first kappa shape index (κ1) is 49.9. The zero-order chi connectivity index (χ0) is 47.4. The lowest BCUT2D eigenvalue weighted by Crippen LogP contribution is -2.33. The van der Waals surface area contributed by atoms with Gasteiger partial charge < -0.3 is 39.2 Å². The maximum Gasteiger partial charge on any atom is 0.407 e. The number of aromatic nitrogens is 2. The molecule has 1 aliphatic rings. The van der Waals surface area contributed by atoms with Crippen molar-refractivity contribution in [3.8, 4) is 5.75 Å². The number of methoxy groups -OCH3 is 3. The number of likely N-dealkylation sites (N-methyl/N-ethyl adjacent to an activating group) is 1. The van der Waals surface area contributed by atoms with Gasteiger partial charge in [-0.1, -0.05) is 25.0 Å². The summed E-state index contributed by atoms with van der Waals surface area (Å²) in [4.78, 5) is 64.9. The Hall–Kier alpha value is -7.10. The van der Waals surface area contributed by atoms with Crippen molar-refractivity contribution >= 4 is 52.2 Å². The highest BCUT2D eigenvalue weighted by atomic mass is 16.6. The van der Waals surface area contributed by atoms with Gasteiger partial charge in [0.25, 0.3) is 11.2 Å². The number of H-pyrrole nitrogens is 1. The lowest BCUT2D eigenvalue weighted by atomic mass is 10.1. The first-order chi connectivity index (χ1) is 31.9. The van der Waals surface area contributed by atoms with Gasteiger partial charge in [0.1, 0.15) is 30.4 Å². The van der Waals surface area contributed by atoms with Gasteiger partial charge in [0.05, 0.1) is 48.2 Å². The Kier molecular flexibility index (Phi) is 19.2. The largest absolute Gasteiger partial charge is 0.494 e. The third kappa shape index (κ3) is 14.5. The van der Waals surface area contributed by atoms with Gasteiger partial charge in [-0.2, -0.15) is 5.11 Å². The zero-order valence-electron chi connectivity index (χ0n) is 37.6. The van der Waals surface area contributed by atoms with Crippen LogP contribution < -0.4 is 31.5 Å². The molecule has 0 saturated carbocycles. The summed E-state index contributed by atoms with van der Waals surface area (Å²) in [5.41, 5.74) is 2.04. The number of alkyl carbamates (subject to hydrolysis) is 1. The Morgan fingerprint density at radius 1 is 0.955 bits per heavy atom. The molecule has 3 aromatic carbocycles. The number of aryl methyl sites for hydroxylation is 1. The van der Waals surface area contributed by atoms with Crippen LogP contribution in [0.4, 0.5) is 38.9 Å². The zero-order valence-corrected chi connectivity index (χ0v) is 37.6. The minimum atomic E-state index is -0.663. The summed E-state index contributed by atoms with van der Waals surface area (Å²) in [6.45, 7) is 6.33. The van der Waals surface area contributed by atoms with Crippen LogP contribution in [0.5, 0.6) is 5.75 Å². The summed E-state index contributed by atoms with van der Waals surface area (Å²) >= 11 is 0. The van der Waals surface area contributed by atoms with E-state index in [0.717, 1.165) is 36.9 Å². The molecule has 66 heavy (non-hydrogen) atoms. The molecule has 5 rings (SSSR count). The van der Waals surface area contributed by atoms with E-state index in [1.807, 2.05) is 38.1 Å². The Balaban J connectivity index is 0.968. The number of nitrogens with one attached hydrogen (secondary N) is 3. The van der Waals surface area contributed by atoms with Crippen LogP contribution in [0.2, 0.25) is 0 Å². The average molecular weight is 913 g/mol. The summed E-state index contributed by atoms with van der Waals surface area (Å²) in [7, 11) is 4.59. The quantitative estimate of drug-likeness (QED) is 0.0203. The summed E-state index contributed by atoms with van der Waals surface area (Å²) in [6.07, 6.45) is 5.65. The van der Waals surface area contributed by atoms with Gasteiger partial charge >= 0.3 is 11.8 Å². The first-order valence-corrected chi connectivity index (χ1v) is 21.4.